The molecule has 5 heteroatoms. The van der Waals surface area contributed by atoms with Crippen LogP contribution in [0.1, 0.15) is 12.5 Å². The lowest BCUT2D eigenvalue weighted by molar-refractivity contribution is -0.384. The Morgan fingerprint density at radius 1 is 1.50 bits per heavy atom. The molecule has 1 aromatic carbocycles. The van der Waals surface area contributed by atoms with Gasteiger partial charge in [-0.2, -0.15) is 0 Å². The van der Waals surface area contributed by atoms with Gasteiger partial charge in [-0.3, -0.25) is 10.1 Å². The maximum Gasteiger partial charge on any atom is 0.270 e. The highest BCUT2D eigenvalue weighted by Gasteiger charge is 2.12. The molecule has 0 bridgehead atoms. The molecule has 5 nitrogen and oxygen atoms in total. The van der Waals surface area contributed by atoms with Crippen LogP contribution in [-0.4, -0.2) is 30.5 Å². The summed E-state index contributed by atoms with van der Waals surface area (Å²) in [5, 5.41) is 10.7. The van der Waals surface area contributed by atoms with Crippen molar-refractivity contribution in [2.75, 3.05) is 20.7 Å². The van der Waals surface area contributed by atoms with Gasteiger partial charge in [-0.1, -0.05) is 6.92 Å². The topological polar surface area (TPSA) is 55.6 Å². The Labute approximate surface area is 94.8 Å². The first kappa shape index (κ1) is 12.4. The summed E-state index contributed by atoms with van der Waals surface area (Å²) in [6.07, 6.45) is 0. The van der Waals surface area contributed by atoms with Gasteiger partial charge in [0, 0.05) is 24.2 Å². The average Bonchev–Trinajstić information content (AvgIpc) is 2.28. The number of nitro benzene ring substituents is 1. The van der Waals surface area contributed by atoms with Crippen LogP contribution < -0.4 is 4.74 Å². The molecular weight excluding hydrogens is 208 g/mol. The predicted molar refractivity (Wildman–Crippen MR) is 61.7 cm³/mol. The molecule has 0 unspecified atom stereocenters. The molecule has 16 heavy (non-hydrogen) atoms. The van der Waals surface area contributed by atoms with Gasteiger partial charge in [0.2, 0.25) is 0 Å². The number of hydrogen-bond acceptors (Lipinski definition) is 4. The summed E-state index contributed by atoms with van der Waals surface area (Å²) in [7, 11) is 3.52. The van der Waals surface area contributed by atoms with Crippen molar-refractivity contribution < 1.29 is 9.66 Å². The first-order valence-electron chi connectivity index (χ1n) is 5.08. The van der Waals surface area contributed by atoms with Crippen molar-refractivity contribution in [2.45, 2.75) is 13.5 Å². The second-order valence-corrected chi connectivity index (χ2v) is 3.58. The summed E-state index contributed by atoms with van der Waals surface area (Å²) in [5.74, 6) is 0.686. The number of nitro groups is 1. The Morgan fingerprint density at radius 3 is 2.69 bits per heavy atom. The smallest absolute Gasteiger partial charge is 0.270 e. The molecule has 1 rings (SSSR count). The maximum absolute atomic E-state index is 10.7. The van der Waals surface area contributed by atoms with Gasteiger partial charge in [-0.15, -0.1) is 0 Å². The number of hydrogen-bond donors (Lipinski definition) is 0. The highest BCUT2D eigenvalue weighted by atomic mass is 16.6. The van der Waals surface area contributed by atoms with Gasteiger partial charge in [0.15, 0.2) is 0 Å². The van der Waals surface area contributed by atoms with Gasteiger partial charge in [-0.25, -0.2) is 0 Å². The van der Waals surface area contributed by atoms with E-state index in [2.05, 4.69) is 4.90 Å². The highest BCUT2D eigenvalue weighted by molar-refractivity contribution is 5.43. The van der Waals surface area contributed by atoms with Crippen LogP contribution in [0.4, 0.5) is 5.69 Å². The third-order valence-electron chi connectivity index (χ3n) is 2.45. The molecule has 0 amide bonds. The van der Waals surface area contributed by atoms with Crippen LogP contribution in [0.3, 0.4) is 0 Å². The molecule has 0 fully saturated rings. The minimum Gasteiger partial charge on any atom is -0.496 e. The number of nitrogens with zero attached hydrogens (tertiary/aromatic N) is 2. The number of methoxy groups -OCH3 is 1. The lowest BCUT2D eigenvalue weighted by atomic mass is 10.1. The monoisotopic (exact) mass is 224 g/mol. The van der Waals surface area contributed by atoms with Crippen molar-refractivity contribution in [1.29, 1.82) is 0 Å². The van der Waals surface area contributed by atoms with Crippen LogP contribution >= 0.6 is 0 Å². The van der Waals surface area contributed by atoms with Gasteiger partial charge < -0.3 is 9.64 Å². The van der Waals surface area contributed by atoms with Crippen LogP contribution in [0.5, 0.6) is 5.75 Å². The lowest BCUT2D eigenvalue weighted by Crippen LogP contribution is -2.17. The molecule has 0 aliphatic heterocycles. The molecule has 0 atom stereocenters. The normalized spacial score (nSPS) is 10.5. The molecule has 0 aliphatic carbocycles. The second-order valence-electron chi connectivity index (χ2n) is 3.58. The minimum absolute atomic E-state index is 0.0975. The zero-order valence-electron chi connectivity index (χ0n) is 9.77. The highest BCUT2D eigenvalue weighted by Crippen LogP contribution is 2.24. The quantitative estimate of drug-likeness (QED) is 0.567. The van der Waals surface area contributed by atoms with E-state index in [-0.39, 0.29) is 5.69 Å². The summed E-state index contributed by atoms with van der Waals surface area (Å²) in [5.41, 5.74) is 0.932. The second kappa shape index (κ2) is 5.46. The van der Waals surface area contributed by atoms with Crippen molar-refractivity contribution in [3.63, 3.8) is 0 Å². The molecule has 0 aromatic heterocycles. The molecular formula is C11H16N2O3. The summed E-state index contributed by atoms with van der Waals surface area (Å²) < 4.78 is 5.18. The van der Waals surface area contributed by atoms with E-state index in [9.17, 15) is 10.1 Å². The Hall–Kier alpha value is -1.62. The minimum atomic E-state index is -0.394. The summed E-state index contributed by atoms with van der Waals surface area (Å²) in [6.45, 7) is 3.55. The molecule has 0 heterocycles. The first-order chi connectivity index (χ1) is 7.58. The van der Waals surface area contributed by atoms with Crippen LogP contribution in [0.15, 0.2) is 18.2 Å². The summed E-state index contributed by atoms with van der Waals surface area (Å²) >= 11 is 0. The zero-order valence-corrected chi connectivity index (χ0v) is 9.77. The third-order valence-corrected chi connectivity index (χ3v) is 2.45. The molecule has 0 N–H and O–H groups in total. The zero-order chi connectivity index (χ0) is 12.1. The molecule has 0 aliphatic rings. The molecule has 0 radical (unpaired) electrons. The molecule has 0 saturated carbocycles. The number of non-ortho nitro benzene ring substituents is 1. The van der Waals surface area contributed by atoms with E-state index >= 15 is 0 Å². The Morgan fingerprint density at radius 2 is 2.19 bits per heavy atom. The van der Waals surface area contributed by atoms with E-state index in [1.807, 2.05) is 14.0 Å². The van der Waals surface area contributed by atoms with Crippen molar-refractivity contribution in [3.05, 3.63) is 33.9 Å². The van der Waals surface area contributed by atoms with Gasteiger partial charge in [0.1, 0.15) is 5.75 Å². The van der Waals surface area contributed by atoms with E-state index in [1.165, 1.54) is 6.07 Å². The fourth-order valence-electron chi connectivity index (χ4n) is 1.40. The van der Waals surface area contributed by atoms with E-state index in [4.69, 9.17) is 4.74 Å². The van der Waals surface area contributed by atoms with Crippen molar-refractivity contribution in [3.8, 4) is 5.75 Å². The Bertz CT molecular complexity index is 379. The van der Waals surface area contributed by atoms with E-state index < -0.39 is 4.92 Å². The van der Waals surface area contributed by atoms with Gasteiger partial charge in [0.05, 0.1) is 12.0 Å². The largest absolute Gasteiger partial charge is 0.496 e. The van der Waals surface area contributed by atoms with E-state index in [1.54, 1.807) is 19.2 Å². The van der Waals surface area contributed by atoms with Crippen molar-refractivity contribution in [1.82, 2.24) is 4.90 Å². The molecule has 1 aromatic rings. The van der Waals surface area contributed by atoms with Crippen LogP contribution in [0.2, 0.25) is 0 Å². The van der Waals surface area contributed by atoms with E-state index in [0.717, 1.165) is 12.1 Å². The van der Waals surface area contributed by atoms with Gasteiger partial charge in [0.25, 0.3) is 5.69 Å². The molecule has 0 spiro atoms. The van der Waals surface area contributed by atoms with Crippen LogP contribution in [0.25, 0.3) is 0 Å². The van der Waals surface area contributed by atoms with Gasteiger partial charge >= 0.3 is 0 Å². The van der Waals surface area contributed by atoms with E-state index in [0.29, 0.717) is 12.3 Å². The number of rotatable bonds is 5. The fourth-order valence-corrected chi connectivity index (χ4v) is 1.40. The average molecular weight is 224 g/mol. The van der Waals surface area contributed by atoms with Crippen LogP contribution in [0, 0.1) is 10.1 Å². The summed E-state index contributed by atoms with van der Waals surface area (Å²) in [6, 6.07) is 4.65. The van der Waals surface area contributed by atoms with Crippen LogP contribution in [-0.2, 0) is 6.54 Å². The SMILES string of the molecule is CCN(C)Cc1cc([N+](=O)[O-])ccc1OC. The predicted octanol–water partition coefficient (Wildman–Crippen LogP) is 2.06. The number of benzene rings is 1. The van der Waals surface area contributed by atoms with Gasteiger partial charge in [-0.05, 0) is 19.7 Å². The maximum atomic E-state index is 10.7. The Kier molecular flexibility index (Phi) is 4.25. The lowest BCUT2D eigenvalue weighted by Gasteiger charge is -2.15. The molecule has 88 valence electrons. The number of ether oxygens (including phenoxy) is 1. The third kappa shape index (κ3) is 2.93. The van der Waals surface area contributed by atoms with Crippen molar-refractivity contribution in [2.24, 2.45) is 0 Å². The Balaban J connectivity index is 3.02. The fraction of sp³-hybridized carbons (Fsp3) is 0.455. The first-order valence-corrected chi connectivity index (χ1v) is 5.08. The van der Waals surface area contributed by atoms with Crippen molar-refractivity contribution >= 4 is 5.69 Å². The molecule has 0 saturated heterocycles. The summed E-state index contributed by atoms with van der Waals surface area (Å²) in [4.78, 5) is 12.3. The standard InChI is InChI=1S/C11H16N2O3/c1-4-12(2)8-9-7-10(13(14)15)5-6-11(9)16-3/h5-7H,4,8H2,1-3H3.